The Kier molecular flexibility index (Phi) is 10.1. The van der Waals surface area contributed by atoms with Gasteiger partial charge in [0, 0.05) is 12.0 Å². The molecule has 122 valence electrons. The van der Waals surface area contributed by atoms with Gasteiger partial charge in [0.1, 0.15) is 6.10 Å². The van der Waals surface area contributed by atoms with Crippen molar-refractivity contribution in [2.24, 2.45) is 0 Å². The Bertz CT molecular complexity index is 558. The van der Waals surface area contributed by atoms with Gasteiger partial charge >= 0.3 is 5.97 Å². The number of carbonyl (C=O) groups excluding carboxylic acids is 1. The molecule has 0 bridgehead atoms. The van der Waals surface area contributed by atoms with Crippen LogP contribution < -0.4 is 0 Å². The second kappa shape index (κ2) is 12.4. The van der Waals surface area contributed by atoms with Crippen LogP contribution in [0.5, 0.6) is 0 Å². The maximum atomic E-state index is 11.4. The van der Waals surface area contributed by atoms with Crippen LogP contribution in [0.15, 0.2) is 36.5 Å². The third-order valence-corrected chi connectivity index (χ3v) is 3.45. The molecule has 1 rings (SSSR count). The van der Waals surface area contributed by atoms with Gasteiger partial charge in [0.15, 0.2) is 0 Å². The Balaban J connectivity index is 2.00. The quantitative estimate of drug-likeness (QED) is 0.266. The van der Waals surface area contributed by atoms with Gasteiger partial charge in [0.05, 0.1) is 0 Å². The molecule has 2 nitrogen and oxygen atoms in total. The molecular formula is C21H26O2. The molecule has 0 spiro atoms. The molecule has 1 atom stereocenters. The summed E-state index contributed by atoms with van der Waals surface area (Å²) in [5.74, 6) is 11.5. The fourth-order valence-electron chi connectivity index (χ4n) is 2.24. The predicted octanol–water partition coefficient (Wildman–Crippen LogP) is 4.73. The van der Waals surface area contributed by atoms with Crippen molar-refractivity contribution in [3.05, 3.63) is 36.5 Å². The maximum Gasteiger partial charge on any atom is 0.334 e. The minimum Gasteiger partial charge on any atom is -0.455 e. The monoisotopic (exact) mass is 310 g/mol. The summed E-state index contributed by atoms with van der Waals surface area (Å²) in [6.45, 7) is 5.56. The van der Waals surface area contributed by atoms with Crippen molar-refractivity contribution in [3.8, 4) is 23.7 Å². The second-order valence-electron chi connectivity index (χ2n) is 5.56. The summed E-state index contributed by atoms with van der Waals surface area (Å²) in [6, 6.07) is 0. The third kappa shape index (κ3) is 9.43. The number of esters is 1. The number of ether oxygens (including phenoxy) is 1. The van der Waals surface area contributed by atoms with Gasteiger partial charge in [-0.15, -0.1) is 6.58 Å². The van der Waals surface area contributed by atoms with Gasteiger partial charge in [-0.25, -0.2) is 4.79 Å². The van der Waals surface area contributed by atoms with Crippen molar-refractivity contribution in [1.82, 2.24) is 0 Å². The zero-order valence-corrected chi connectivity index (χ0v) is 14.1. The number of unbranched alkanes of at least 4 members (excludes halogenated alkanes) is 5. The van der Waals surface area contributed by atoms with Gasteiger partial charge in [0.2, 0.25) is 0 Å². The predicted molar refractivity (Wildman–Crippen MR) is 95.5 cm³/mol. The molecule has 0 aliphatic carbocycles. The van der Waals surface area contributed by atoms with Crippen LogP contribution in [-0.2, 0) is 9.53 Å². The molecule has 0 amide bonds. The van der Waals surface area contributed by atoms with Crippen LogP contribution in [0.1, 0.15) is 58.3 Å². The highest BCUT2D eigenvalue weighted by Crippen LogP contribution is 2.19. The van der Waals surface area contributed by atoms with Gasteiger partial charge in [0.25, 0.3) is 0 Å². The lowest BCUT2D eigenvalue weighted by molar-refractivity contribution is -0.139. The van der Waals surface area contributed by atoms with E-state index in [-0.39, 0.29) is 12.1 Å². The Morgan fingerprint density at radius 3 is 2.78 bits per heavy atom. The summed E-state index contributed by atoms with van der Waals surface area (Å²) in [5, 5.41) is 0. The molecule has 0 aromatic heterocycles. The number of allylic oxidation sites excluding steroid dienone is 3. The molecule has 0 radical (unpaired) electrons. The topological polar surface area (TPSA) is 26.3 Å². The molecule has 0 fully saturated rings. The van der Waals surface area contributed by atoms with Gasteiger partial charge in [-0.05, 0) is 63.0 Å². The van der Waals surface area contributed by atoms with Gasteiger partial charge in [-0.1, -0.05) is 36.8 Å². The van der Waals surface area contributed by atoms with E-state index in [9.17, 15) is 4.79 Å². The smallest absolute Gasteiger partial charge is 0.334 e. The van der Waals surface area contributed by atoms with Crippen LogP contribution in [0, 0.1) is 23.7 Å². The molecule has 23 heavy (non-hydrogen) atoms. The van der Waals surface area contributed by atoms with Gasteiger partial charge in [-0.2, -0.15) is 0 Å². The van der Waals surface area contributed by atoms with Crippen molar-refractivity contribution < 1.29 is 9.53 Å². The number of cyclic esters (lactones) is 1. The first-order valence-corrected chi connectivity index (χ1v) is 8.40. The highest BCUT2D eigenvalue weighted by atomic mass is 16.5. The van der Waals surface area contributed by atoms with Gasteiger partial charge in [-0.3, -0.25) is 0 Å². The number of hydrogen-bond donors (Lipinski definition) is 0. The fraction of sp³-hybridized carbons (Fsp3) is 0.476. The Hall–Kier alpha value is -2.19. The largest absolute Gasteiger partial charge is 0.455 e. The van der Waals surface area contributed by atoms with E-state index in [0.717, 1.165) is 56.9 Å². The third-order valence-electron chi connectivity index (χ3n) is 3.45. The van der Waals surface area contributed by atoms with Crippen molar-refractivity contribution >= 4 is 5.97 Å². The van der Waals surface area contributed by atoms with E-state index < -0.39 is 0 Å². The molecule has 1 heterocycles. The van der Waals surface area contributed by atoms with E-state index in [0.29, 0.717) is 0 Å². The summed E-state index contributed by atoms with van der Waals surface area (Å²) in [5.41, 5.74) is 0.841. The molecule has 1 aliphatic heterocycles. The highest BCUT2D eigenvalue weighted by molar-refractivity contribution is 5.90. The zero-order chi connectivity index (χ0) is 16.8. The molecule has 0 aromatic carbocycles. The van der Waals surface area contributed by atoms with E-state index in [4.69, 9.17) is 4.74 Å². The van der Waals surface area contributed by atoms with E-state index in [2.05, 4.69) is 30.3 Å². The van der Waals surface area contributed by atoms with Crippen LogP contribution in [0.4, 0.5) is 0 Å². The van der Waals surface area contributed by atoms with Gasteiger partial charge < -0.3 is 4.74 Å². The molecule has 0 aromatic rings. The minimum absolute atomic E-state index is 0.0503. The van der Waals surface area contributed by atoms with Crippen LogP contribution in [0.2, 0.25) is 0 Å². The maximum absolute atomic E-state index is 11.4. The standard InChI is InChI=1S/C21H26O2/c1-3-4-5-6-7-8-9-10-11-12-13-14-15-16-17-20-18-19(2)23-21(20)22/h3,6-7,18-19H,1,4-5,12-17H2,2H3/b7-6-/t19-/m1/s1. The first-order chi connectivity index (χ1) is 11.2. The first-order valence-electron chi connectivity index (χ1n) is 8.40. The van der Waals surface area contributed by atoms with Crippen molar-refractivity contribution in [2.75, 3.05) is 0 Å². The van der Waals surface area contributed by atoms with Crippen LogP contribution in [-0.4, -0.2) is 12.1 Å². The number of carbonyl (C=O) groups is 1. The summed E-state index contributed by atoms with van der Waals surface area (Å²) in [7, 11) is 0. The number of hydrogen-bond acceptors (Lipinski definition) is 2. The second-order valence-corrected chi connectivity index (χ2v) is 5.56. The molecule has 2 heteroatoms. The number of rotatable bonds is 9. The molecule has 0 unspecified atom stereocenters. The normalized spacial score (nSPS) is 16.1. The van der Waals surface area contributed by atoms with Crippen LogP contribution >= 0.6 is 0 Å². The van der Waals surface area contributed by atoms with Crippen LogP contribution in [0.25, 0.3) is 0 Å². The highest BCUT2D eigenvalue weighted by Gasteiger charge is 2.20. The molecule has 0 saturated carbocycles. The molecule has 0 N–H and O–H groups in total. The Morgan fingerprint density at radius 2 is 2.04 bits per heavy atom. The lowest BCUT2D eigenvalue weighted by Crippen LogP contribution is -2.03. The molecule has 1 aliphatic rings. The molecular weight excluding hydrogens is 284 g/mol. The fourth-order valence-corrected chi connectivity index (χ4v) is 2.24. The van der Waals surface area contributed by atoms with E-state index in [1.54, 1.807) is 0 Å². The Labute approximate surface area is 140 Å². The van der Waals surface area contributed by atoms with E-state index in [1.807, 2.05) is 31.2 Å². The van der Waals surface area contributed by atoms with Crippen molar-refractivity contribution in [2.45, 2.75) is 64.4 Å². The first kappa shape index (κ1) is 18.9. The Morgan fingerprint density at radius 1 is 1.22 bits per heavy atom. The SMILES string of the molecule is C=CCC/C=C\C#CC#CCCCCCCC1=C[C@@H](C)OC1=O. The van der Waals surface area contributed by atoms with Crippen molar-refractivity contribution in [1.29, 1.82) is 0 Å². The summed E-state index contributed by atoms with van der Waals surface area (Å²) in [6.07, 6.45) is 15.7. The minimum atomic E-state index is -0.138. The lowest BCUT2D eigenvalue weighted by Gasteiger charge is -2.00. The summed E-state index contributed by atoms with van der Waals surface area (Å²) in [4.78, 5) is 11.4. The van der Waals surface area contributed by atoms with E-state index in [1.165, 1.54) is 0 Å². The zero-order valence-electron chi connectivity index (χ0n) is 14.1. The van der Waals surface area contributed by atoms with E-state index >= 15 is 0 Å². The average molecular weight is 310 g/mol. The van der Waals surface area contributed by atoms with Crippen LogP contribution in [0.3, 0.4) is 0 Å². The summed E-state index contributed by atoms with van der Waals surface area (Å²) >= 11 is 0. The lowest BCUT2D eigenvalue weighted by atomic mass is 10.1. The molecule has 0 saturated heterocycles. The average Bonchev–Trinajstić information content (AvgIpc) is 2.85. The summed E-state index contributed by atoms with van der Waals surface area (Å²) < 4.78 is 5.07. The van der Waals surface area contributed by atoms with Crippen molar-refractivity contribution in [3.63, 3.8) is 0 Å².